The fourth-order valence-electron chi connectivity index (χ4n) is 4.85. The molecule has 5 aromatic rings. The Labute approximate surface area is 256 Å². The highest BCUT2D eigenvalue weighted by molar-refractivity contribution is 5.92. The lowest BCUT2D eigenvalue weighted by atomic mass is 10.0. The Morgan fingerprint density at radius 2 is 1.78 bits per heavy atom. The van der Waals surface area contributed by atoms with Gasteiger partial charge in [0.15, 0.2) is 0 Å². The second-order valence-electron chi connectivity index (χ2n) is 10.1. The Kier molecular flexibility index (Phi) is 9.42. The molecule has 1 N–H and O–H groups in total. The first-order chi connectivity index (χ1) is 21.7. The molecule has 2 aromatic heterocycles. The van der Waals surface area contributed by atoms with Gasteiger partial charge in [-0.05, 0) is 54.1 Å². The van der Waals surface area contributed by atoms with Crippen molar-refractivity contribution in [2.24, 2.45) is 0 Å². The quantitative estimate of drug-likeness (QED) is 0.184. The van der Waals surface area contributed by atoms with E-state index in [1.165, 1.54) is 50.6 Å². The average molecular weight is 617 g/mol. The molecule has 45 heavy (non-hydrogen) atoms. The Hall–Kier alpha value is -5.25. The first-order valence-electron chi connectivity index (χ1n) is 13.7. The predicted molar refractivity (Wildman–Crippen MR) is 157 cm³/mol. The van der Waals surface area contributed by atoms with Gasteiger partial charge >= 0.3 is 5.97 Å². The molecule has 0 bridgehead atoms. The minimum absolute atomic E-state index is 0.0238. The molecule has 9 nitrogen and oxygen atoms in total. The van der Waals surface area contributed by atoms with E-state index < -0.39 is 29.5 Å². The highest BCUT2D eigenvalue weighted by Gasteiger charge is 2.20. The van der Waals surface area contributed by atoms with Gasteiger partial charge in [0.2, 0.25) is 5.88 Å². The summed E-state index contributed by atoms with van der Waals surface area (Å²) in [6, 6.07) is 17.0. The number of carboxylic acids is 1. The predicted octanol–water partition coefficient (Wildman–Crippen LogP) is 5.92. The zero-order chi connectivity index (χ0) is 32.1. The Balaban J connectivity index is 1.42. The molecular weight excluding hydrogens is 589 g/mol. The van der Waals surface area contributed by atoms with Crippen molar-refractivity contribution in [2.45, 2.75) is 25.7 Å². The summed E-state index contributed by atoms with van der Waals surface area (Å²) in [6.45, 7) is 0.279. The monoisotopic (exact) mass is 616 g/mol. The summed E-state index contributed by atoms with van der Waals surface area (Å²) >= 11 is 0. The van der Waals surface area contributed by atoms with Gasteiger partial charge in [0.05, 0.1) is 53.2 Å². The number of nitrogens with zero attached hydrogens (tertiary/aromatic N) is 4. The number of halogens is 3. The highest BCUT2D eigenvalue weighted by atomic mass is 19.1. The molecule has 0 aliphatic heterocycles. The topological polar surface area (TPSA) is 119 Å². The van der Waals surface area contributed by atoms with Crippen LogP contribution >= 0.6 is 0 Å². The van der Waals surface area contributed by atoms with Crippen LogP contribution in [-0.4, -0.2) is 52.5 Å². The number of carboxylic acid groups (broad SMARTS) is 1. The minimum Gasteiger partial charge on any atom is -0.478 e. The molecular formula is C33H27F3N4O5. The van der Waals surface area contributed by atoms with E-state index in [2.05, 4.69) is 9.97 Å². The third-order valence-corrected chi connectivity index (χ3v) is 7.19. The minimum atomic E-state index is -1.11. The average Bonchev–Trinajstić information content (AvgIpc) is 3.37. The van der Waals surface area contributed by atoms with Gasteiger partial charge in [-0.15, -0.1) is 0 Å². The lowest BCUT2D eigenvalue weighted by Gasteiger charge is -2.18. The van der Waals surface area contributed by atoms with Crippen molar-refractivity contribution in [1.29, 1.82) is 5.26 Å². The Morgan fingerprint density at radius 1 is 0.978 bits per heavy atom. The van der Waals surface area contributed by atoms with Gasteiger partial charge in [-0.25, -0.2) is 27.9 Å². The van der Waals surface area contributed by atoms with E-state index in [1.54, 1.807) is 16.7 Å². The molecule has 0 aliphatic rings. The number of aromatic nitrogens is 3. The van der Waals surface area contributed by atoms with Crippen molar-refractivity contribution in [1.82, 2.24) is 14.5 Å². The number of aromatic carboxylic acids is 1. The third-order valence-electron chi connectivity index (χ3n) is 7.19. The number of carbonyl (C=O) groups is 1. The molecule has 0 spiro atoms. The number of imidazole rings is 1. The highest BCUT2D eigenvalue weighted by Crippen LogP contribution is 2.28. The summed E-state index contributed by atoms with van der Waals surface area (Å²) in [7, 11) is 3.03. The maximum Gasteiger partial charge on any atom is 0.335 e. The van der Waals surface area contributed by atoms with Crippen LogP contribution in [0, 0.1) is 28.8 Å². The lowest BCUT2D eigenvalue weighted by Crippen LogP contribution is -2.25. The second kappa shape index (κ2) is 13.6. The van der Waals surface area contributed by atoms with Crippen LogP contribution in [0.15, 0.2) is 66.7 Å². The number of pyridine rings is 1. The van der Waals surface area contributed by atoms with Gasteiger partial charge in [-0.1, -0.05) is 12.1 Å². The Morgan fingerprint density at radius 3 is 2.49 bits per heavy atom. The van der Waals surface area contributed by atoms with E-state index in [-0.39, 0.29) is 65.6 Å². The number of methoxy groups -OCH3 is 2. The van der Waals surface area contributed by atoms with Gasteiger partial charge in [0, 0.05) is 37.8 Å². The van der Waals surface area contributed by atoms with Crippen LogP contribution in [0.1, 0.15) is 32.9 Å². The van der Waals surface area contributed by atoms with Crippen LogP contribution in [0.2, 0.25) is 0 Å². The van der Waals surface area contributed by atoms with E-state index in [9.17, 15) is 14.3 Å². The first kappa shape index (κ1) is 31.2. The van der Waals surface area contributed by atoms with E-state index >= 15 is 8.78 Å². The third kappa shape index (κ3) is 6.95. The van der Waals surface area contributed by atoms with Crippen molar-refractivity contribution in [3.8, 4) is 23.2 Å². The van der Waals surface area contributed by atoms with Crippen molar-refractivity contribution in [2.75, 3.05) is 20.8 Å². The number of rotatable bonds is 12. The van der Waals surface area contributed by atoms with Crippen LogP contribution in [0.25, 0.3) is 22.3 Å². The largest absolute Gasteiger partial charge is 0.478 e. The van der Waals surface area contributed by atoms with Crippen molar-refractivity contribution in [3.05, 3.63) is 112 Å². The number of ether oxygens (including phenoxy) is 3. The number of hydrogen-bond acceptors (Lipinski definition) is 7. The van der Waals surface area contributed by atoms with E-state index in [0.717, 1.165) is 18.2 Å². The van der Waals surface area contributed by atoms with Gasteiger partial charge in [0.1, 0.15) is 29.9 Å². The van der Waals surface area contributed by atoms with Gasteiger partial charge in [-0.2, -0.15) is 5.26 Å². The molecule has 0 fully saturated rings. The maximum absolute atomic E-state index is 15.5. The molecule has 0 unspecified atom stereocenters. The fraction of sp³-hybridized carbons (Fsp3) is 0.212. The molecule has 0 radical (unpaired) electrons. The molecule has 3 aromatic carbocycles. The van der Waals surface area contributed by atoms with Crippen LogP contribution in [0.5, 0.6) is 5.88 Å². The van der Waals surface area contributed by atoms with Crippen LogP contribution in [0.3, 0.4) is 0 Å². The van der Waals surface area contributed by atoms with E-state index in [1.807, 2.05) is 6.07 Å². The van der Waals surface area contributed by atoms with Gasteiger partial charge in [0.25, 0.3) is 0 Å². The summed E-state index contributed by atoms with van der Waals surface area (Å²) in [5.74, 6) is -2.72. The number of fused-ring (bicyclic) bond motifs is 1. The number of nitriles is 1. The normalized spacial score (nSPS) is 11.8. The van der Waals surface area contributed by atoms with Crippen LogP contribution in [-0.2, 0) is 29.0 Å². The zero-order valence-electron chi connectivity index (χ0n) is 24.3. The lowest BCUT2D eigenvalue weighted by molar-refractivity contribution is 0.0186. The first-order valence-corrected chi connectivity index (χ1v) is 13.7. The summed E-state index contributed by atoms with van der Waals surface area (Å²) in [4.78, 5) is 20.5. The molecule has 1 atom stereocenters. The van der Waals surface area contributed by atoms with Crippen LogP contribution < -0.4 is 4.74 Å². The molecule has 0 aliphatic carbocycles. The van der Waals surface area contributed by atoms with Crippen molar-refractivity contribution < 1.29 is 37.3 Å². The summed E-state index contributed by atoms with van der Waals surface area (Å²) in [5, 5.41) is 18.4. The van der Waals surface area contributed by atoms with E-state index in [4.69, 9.17) is 19.5 Å². The molecule has 0 saturated carbocycles. The van der Waals surface area contributed by atoms with E-state index in [0.29, 0.717) is 16.9 Å². The Bertz CT molecular complexity index is 1920. The molecule has 12 heteroatoms. The smallest absolute Gasteiger partial charge is 0.335 e. The summed E-state index contributed by atoms with van der Waals surface area (Å²) < 4.78 is 63.3. The summed E-state index contributed by atoms with van der Waals surface area (Å²) in [6.07, 6.45) is -0.520. The molecule has 0 saturated heterocycles. The maximum atomic E-state index is 15.5. The fourth-order valence-corrected chi connectivity index (χ4v) is 4.85. The van der Waals surface area contributed by atoms with Crippen molar-refractivity contribution in [3.63, 3.8) is 0 Å². The second-order valence-corrected chi connectivity index (χ2v) is 10.1. The zero-order valence-corrected chi connectivity index (χ0v) is 24.3. The van der Waals surface area contributed by atoms with Crippen LogP contribution in [0.4, 0.5) is 13.2 Å². The molecule has 2 heterocycles. The SMILES string of the molecule is COC[C@@H](Cn1c(Cc2cc(F)c(-c3cccc(OCc4ccc(C#N)cc4F)n3)cc2F)nc2ccc(C(=O)O)cc21)OC. The summed E-state index contributed by atoms with van der Waals surface area (Å²) in [5.41, 5.74) is 1.44. The van der Waals surface area contributed by atoms with Gasteiger partial charge < -0.3 is 23.9 Å². The number of hydrogen-bond donors (Lipinski definition) is 1. The molecule has 0 amide bonds. The standard InChI is InChI=1S/C33H27F3N4O5/c1-43-18-23(44-2)16-40-30-12-20(33(41)42)8-9-29(30)38-31(40)13-22-11-27(36)24(14-26(22)35)28-4-3-5-32(39-28)45-17-21-7-6-19(15-37)10-25(21)34/h3-12,14,23H,13,16-18H2,1-2H3,(H,41,42)/t23-/m1/s1. The van der Waals surface area contributed by atoms with Gasteiger partial charge in [-0.3, -0.25) is 0 Å². The number of benzene rings is 3. The molecule has 5 rings (SSSR count). The van der Waals surface area contributed by atoms with Crippen molar-refractivity contribution >= 4 is 17.0 Å². The molecule has 230 valence electrons.